The smallest absolute Gasteiger partial charge is 0.358 e. The van der Waals surface area contributed by atoms with Gasteiger partial charge in [0.25, 0.3) is 0 Å². The number of hydrogen-bond acceptors (Lipinski definition) is 6. The molecule has 0 amide bonds. The predicted octanol–water partition coefficient (Wildman–Crippen LogP) is -0.963. The second-order valence-electron chi connectivity index (χ2n) is 2.30. The molecule has 0 fully saturated rings. The SMILES string of the molecule is Nc1nc(N)c(C(=O)O)nc1C(=O)O. The summed E-state index contributed by atoms with van der Waals surface area (Å²) in [5.41, 5.74) is 9.07. The first-order valence-electron chi connectivity index (χ1n) is 3.33. The summed E-state index contributed by atoms with van der Waals surface area (Å²) in [6, 6.07) is 0. The minimum Gasteiger partial charge on any atom is -0.476 e. The molecule has 1 heterocycles. The lowest BCUT2D eigenvalue weighted by Gasteiger charge is -2.02. The van der Waals surface area contributed by atoms with Crippen molar-refractivity contribution in [3.8, 4) is 0 Å². The average Bonchev–Trinajstić information content (AvgIpc) is 2.02. The summed E-state index contributed by atoms with van der Waals surface area (Å²) < 4.78 is 0. The number of aromatic nitrogens is 2. The molecule has 0 unspecified atom stereocenters. The Kier molecular flexibility index (Phi) is 2.19. The van der Waals surface area contributed by atoms with Crippen LogP contribution in [-0.4, -0.2) is 32.1 Å². The number of hydrogen-bond donors (Lipinski definition) is 4. The van der Waals surface area contributed by atoms with E-state index in [2.05, 4.69) is 9.97 Å². The first kappa shape index (κ1) is 9.71. The molecule has 0 aliphatic carbocycles. The fourth-order valence-corrected chi connectivity index (χ4v) is 0.777. The van der Waals surface area contributed by atoms with Crippen LogP contribution in [0, 0.1) is 0 Å². The topological polar surface area (TPSA) is 152 Å². The summed E-state index contributed by atoms with van der Waals surface area (Å²) in [7, 11) is 0. The van der Waals surface area contributed by atoms with Gasteiger partial charge in [-0.15, -0.1) is 0 Å². The molecule has 74 valence electrons. The lowest BCUT2D eigenvalue weighted by Crippen LogP contribution is -2.15. The van der Waals surface area contributed by atoms with Gasteiger partial charge in [0.2, 0.25) is 0 Å². The molecular formula is C6H6N4O4. The standard InChI is InChI=1S/C6H6N4O4/c7-3-1(5(11)12)9-2(6(13)14)4(8)10-3/h(H,11,12)(H,13,14)(H4,7,8,10). The van der Waals surface area contributed by atoms with Gasteiger partial charge in [0, 0.05) is 0 Å². The maximum atomic E-state index is 10.5. The summed E-state index contributed by atoms with van der Waals surface area (Å²) in [6.07, 6.45) is 0. The van der Waals surface area contributed by atoms with Crippen LogP contribution in [0.15, 0.2) is 0 Å². The molecule has 0 aromatic carbocycles. The fourth-order valence-electron chi connectivity index (χ4n) is 0.777. The van der Waals surface area contributed by atoms with Gasteiger partial charge in [-0.05, 0) is 0 Å². The first-order chi connectivity index (χ1) is 6.43. The lowest BCUT2D eigenvalue weighted by molar-refractivity contribution is 0.0686. The zero-order valence-corrected chi connectivity index (χ0v) is 6.76. The van der Waals surface area contributed by atoms with Crippen molar-refractivity contribution in [2.75, 3.05) is 11.5 Å². The van der Waals surface area contributed by atoms with E-state index in [4.69, 9.17) is 21.7 Å². The van der Waals surface area contributed by atoms with E-state index in [1.54, 1.807) is 0 Å². The van der Waals surface area contributed by atoms with Crippen LogP contribution in [0.1, 0.15) is 21.0 Å². The van der Waals surface area contributed by atoms with Gasteiger partial charge in [0.1, 0.15) is 0 Å². The first-order valence-corrected chi connectivity index (χ1v) is 3.33. The Morgan fingerprint density at radius 2 is 1.29 bits per heavy atom. The number of carbonyl (C=O) groups is 2. The minimum absolute atomic E-state index is 0.417. The van der Waals surface area contributed by atoms with Crippen LogP contribution in [-0.2, 0) is 0 Å². The van der Waals surface area contributed by atoms with E-state index in [0.29, 0.717) is 0 Å². The van der Waals surface area contributed by atoms with Crippen LogP contribution in [0.5, 0.6) is 0 Å². The molecule has 14 heavy (non-hydrogen) atoms. The molecule has 0 atom stereocenters. The molecule has 1 aromatic rings. The Balaban J connectivity index is 3.42. The Bertz CT molecular complexity index is 381. The largest absolute Gasteiger partial charge is 0.476 e. The van der Waals surface area contributed by atoms with Crippen molar-refractivity contribution in [1.82, 2.24) is 9.97 Å². The van der Waals surface area contributed by atoms with Crippen LogP contribution >= 0.6 is 0 Å². The van der Waals surface area contributed by atoms with Crippen LogP contribution in [0.2, 0.25) is 0 Å². The van der Waals surface area contributed by atoms with Crippen LogP contribution < -0.4 is 11.5 Å². The van der Waals surface area contributed by atoms with E-state index in [1.165, 1.54) is 0 Å². The van der Waals surface area contributed by atoms with E-state index in [9.17, 15) is 9.59 Å². The number of aromatic carboxylic acids is 2. The molecule has 0 spiro atoms. The quantitative estimate of drug-likeness (QED) is 0.473. The number of rotatable bonds is 2. The molecule has 1 rings (SSSR count). The van der Waals surface area contributed by atoms with Crippen molar-refractivity contribution in [3.05, 3.63) is 11.4 Å². The predicted molar refractivity (Wildman–Crippen MR) is 44.8 cm³/mol. The molecule has 0 aliphatic rings. The number of nitrogen functional groups attached to an aromatic ring is 2. The summed E-state index contributed by atoms with van der Waals surface area (Å²) in [5, 5.41) is 17.1. The van der Waals surface area contributed by atoms with E-state index in [1.807, 2.05) is 0 Å². The third-order valence-corrected chi connectivity index (χ3v) is 1.35. The highest BCUT2D eigenvalue weighted by Crippen LogP contribution is 2.12. The second kappa shape index (κ2) is 3.17. The van der Waals surface area contributed by atoms with Gasteiger partial charge in [0.05, 0.1) is 0 Å². The average molecular weight is 198 g/mol. The number of nitrogens with two attached hydrogens (primary N) is 2. The highest BCUT2D eigenvalue weighted by molar-refractivity contribution is 5.95. The molecule has 8 heteroatoms. The molecule has 0 saturated carbocycles. The molecule has 0 saturated heterocycles. The van der Waals surface area contributed by atoms with E-state index in [-0.39, 0.29) is 0 Å². The van der Waals surface area contributed by atoms with Gasteiger partial charge in [-0.1, -0.05) is 0 Å². The molecule has 0 bridgehead atoms. The molecule has 1 aromatic heterocycles. The van der Waals surface area contributed by atoms with Crippen molar-refractivity contribution in [3.63, 3.8) is 0 Å². The molecule has 0 radical (unpaired) electrons. The van der Waals surface area contributed by atoms with Crippen LogP contribution in [0.25, 0.3) is 0 Å². The second-order valence-corrected chi connectivity index (χ2v) is 2.30. The Morgan fingerprint density at radius 1 is 0.929 bits per heavy atom. The van der Waals surface area contributed by atoms with Crippen LogP contribution in [0.3, 0.4) is 0 Å². The molecule has 8 nitrogen and oxygen atoms in total. The Morgan fingerprint density at radius 3 is 1.57 bits per heavy atom. The van der Waals surface area contributed by atoms with Gasteiger partial charge in [-0.25, -0.2) is 19.6 Å². The van der Waals surface area contributed by atoms with Gasteiger partial charge in [-0.3, -0.25) is 0 Å². The maximum Gasteiger partial charge on any atom is 0.358 e. The maximum absolute atomic E-state index is 10.5. The van der Waals surface area contributed by atoms with Crippen molar-refractivity contribution in [2.45, 2.75) is 0 Å². The summed E-state index contributed by atoms with van der Waals surface area (Å²) >= 11 is 0. The number of nitrogens with zero attached hydrogens (tertiary/aromatic N) is 2. The number of carboxylic acids is 2. The summed E-state index contributed by atoms with van der Waals surface area (Å²) in [5.74, 6) is -3.75. The number of carboxylic acid groups (broad SMARTS) is 2. The summed E-state index contributed by atoms with van der Waals surface area (Å²) in [4.78, 5) is 27.6. The van der Waals surface area contributed by atoms with Crippen molar-refractivity contribution >= 4 is 23.6 Å². The van der Waals surface area contributed by atoms with Gasteiger partial charge >= 0.3 is 11.9 Å². The fraction of sp³-hybridized carbons (Fsp3) is 0. The van der Waals surface area contributed by atoms with Crippen LogP contribution in [0.4, 0.5) is 11.6 Å². The summed E-state index contributed by atoms with van der Waals surface area (Å²) in [6.45, 7) is 0. The van der Waals surface area contributed by atoms with Gasteiger partial charge in [-0.2, -0.15) is 0 Å². The van der Waals surface area contributed by atoms with E-state index >= 15 is 0 Å². The van der Waals surface area contributed by atoms with Crippen molar-refractivity contribution < 1.29 is 19.8 Å². The zero-order valence-electron chi connectivity index (χ0n) is 6.76. The Labute approximate surface area is 77.2 Å². The normalized spacial score (nSPS) is 9.71. The molecule has 6 N–H and O–H groups in total. The van der Waals surface area contributed by atoms with E-state index < -0.39 is 35.0 Å². The monoisotopic (exact) mass is 198 g/mol. The highest BCUT2D eigenvalue weighted by Gasteiger charge is 2.19. The molecular weight excluding hydrogens is 192 g/mol. The third kappa shape index (κ3) is 1.53. The third-order valence-electron chi connectivity index (χ3n) is 1.35. The molecule has 0 aliphatic heterocycles. The van der Waals surface area contributed by atoms with E-state index in [0.717, 1.165) is 0 Å². The van der Waals surface area contributed by atoms with Crippen molar-refractivity contribution in [1.29, 1.82) is 0 Å². The zero-order chi connectivity index (χ0) is 10.9. The van der Waals surface area contributed by atoms with Crippen molar-refractivity contribution in [2.24, 2.45) is 0 Å². The highest BCUT2D eigenvalue weighted by atomic mass is 16.4. The van der Waals surface area contributed by atoms with Gasteiger partial charge < -0.3 is 21.7 Å². The van der Waals surface area contributed by atoms with Gasteiger partial charge in [0.15, 0.2) is 23.0 Å². The Hall–Kier alpha value is -2.38. The number of anilines is 2. The minimum atomic E-state index is -1.46. The lowest BCUT2D eigenvalue weighted by atomic mass is 10.3.